The molecule has 0 atom stereocenters. The van der Waals surface area contributed by atoms with Gasteiger partial charge in [-0.2, -0.15) is 10.5 Å². The van der Waals surface area contributed by atoms with E-state index in [4.69, 9.17) is 5.73 Å². The lowest BCUT2D eigenvalue weighted by Crippen LogP contribution is -2.44. The number of pyridine rings is 1. The Labute approximate surface area is 217 Å². The molecular formula is C28H35N5O4. The number of carbonyl (C=O) groups excluding carboxylic acids is 2. The summed E-state index contributed by atoms with van der Waals surface area (Å²) in [6.45, 7) is 6.15. The monoisotopic (exact) mass is 505 g/mol. The smallest absolute Gasteiger partial charge is 0.273 e. The van der Waals surface area contributed by atoms with E-state index in [-0.39, 0.29) is 46.9 Å². The van der Waals surface area contributed by atoms with E-state index < -0.39 is 17.4 Å². The van der Waals surface area contributed by atoms with Crippen molar-refractivity contribution < 1.29 is 14.7 Å². The van der Waals surface area contributed by atoms with Crippen molar-refractivity contribution in [2.45, 2.75) is 78.7 Å². The molecule has 2 rings (SSSR count). The number of amides is 2. The summed E-state index contributed by atoms with van der Waals surface area (Å²) in [5.41, 5.74) is 5.48. The number of imide groups is 1. The van der Waals surface area contributed by atoms with Crippen LogP contribution in [0.25, 0.3) is 6.08 Å². The molecule has 2 heterocycles. The summed E-state index contributed by atoms with van der Waals surface area (Å²) in [5, 5.41) is 29.9. The van der Waals surface area contributed by atoms with Crippen molar-refractivity contribution >= 4 is 17.9 Å². The molecule has 0 fully saturated rings. The Morgan fingerprint density at radius 2 is 1.54 bits per heavy atom. The molecule has 3 N–H and O–H groups in total. The van der Waals surface area contributed by atoms with Crippen LogP contribution in [0, 0.1) is 29.6 Å². The number of aromatic nitrogens is 1. The predicted molar refractivity (Wildman–Crippen MR) is 141 cm³/mol. The molecule has 0 unspecified atom stereocenters. The van der Waals surface area contributed by atoms with Crippen LogP contribution in [-0.2, 0) is 16.1 Å². The quantitative estimate of drug-likeness (QED) is 0.248. The maximum Gasteiger partial charge on any atom is 0.273 e. The summed E-state index contributed by atoms with van der Waals surface area (Å²) < 4.78 is 1.19. The van der Waals surface area contributed by atoms with E-state index in [1.807, 2.05) is 6.07 Å². The van der Waals surface area contributed by atoms with Crippen molar-refractivity contribution in [2.24, 2.45) is 5.73 Å². The molecule has 0 bridgehead atoms. The van der Waals surface area contributed by atoms with Crippen LogP contribution in [0.4, 0.5) is 0 Å². The molecule has 196 valence electrons. The molecule has 9 nitrogen and oxygen atoms in total. The minimum absolute atomic E-state index is 0.00608. The van der Waals surface area contributed by atoms with Gasteiger partial charge in [-0.25, -0.2) is 0 Å². The first-order valence-electron chi connectivity index (χ1n) is 12.8. The maximum absolute atomic E-state index is 13.1. The van der Waals surface area contributed by atoms with Crippen molar-refractivity contribution in [1.82, 2.24) is 9.47 Å². The van der Waals surface area contributed by atoms with Gasteiger partial charge in [0.1, 0.15) is 23.3 Å². The minimum atomic E-state index is -0.704. The molecule has 0 aliphatic carbocycles. The first-order chi connectivity index (χ1) is 17.7. The fourth-order valence-electron chi connectivity index (χ4n) is 4.22. The third-order valence-electron chi connectivity index (χ3n) is 6.45. The molecule has 1 aromatic rings. The van der Waals surface area contributed by atoms with Crippen molar-refractivity contribution in [3.05, 3.63) is 56.0 Å². The molecular weight excluding hydrogens is 470 g/mol. The molecule has 1 aliphatic heterocycles. The second kappa shape index (κ2) is 13.8. The third-order valence-corrected chi connectivity index (χ3v) is 6.45. The molecule has 0 aromatic carbocycles. The van der Waals surface area contributed by atoms with Gasteiger partial charge >= 0.3 is 0 Å². The molecule has 2 amide bonds. The molecule has 0 saturated heterocycles. The van der Waals surface area contributed by atoms with Gasteiger partial charge in [0.15, 0.2) is 0 Å². The molecule has 0 radical (unpaired) electrons. The number of nitriles is 2. The first-order valence-corrected chi connectivity index (χ1v) is 12.8. The summed E-state index contributed by atoms with van der Waals surface area (Å²) in [6, 6.07) is 3.73. The highest BCUT2D eigenvalue weighted by Gasteiger charge is 2.35. The number of aromatic hydroxyl groups is 1. The number of carbonyl (C=O) groups is 2. The second-order valence-corrected chi connectivity index (χ2v) is 9.03. The average Bonchev–Trinajstić information content (AvgIpc) is 2.87. The standard InChI is InChI=1S/C28H35N5O4/c1-4-6-8-10-15-32-25(34)20(19(3)22(17-29)27(32)36)13-12-14-21-24(31)23(18-30)28(37)33(26(21)35)16-11-9-7-5-2/h12-14,34H,4-11,15-16,31H2,1-3H3/b13-12+,21-14-. The Morgan fingerprint density at radius 3 is 2.11 bits per heavy atom. The second-order valence-electron chi connectivity index (χ2n) is 9.03. The number of allylic oxidation sites excluding steroid dienone is 2. The van der Waals surface area contributed by atoms with Crippen LogP contribution in [0.15, 0.2) is 33.8 Å². The van der Waals surface area contributed by atoms with E-state index in [2.05, 4.69) is 13.8 Å². The van der Waals surface area contributed by atoms with Gasteiger partial charge in [0, 0.05) is 18.7 Å². The van der Waals surface area contributed by atoms with Crippen LogP contribution in [0.5, 0.6) is 5.88 Å². The lowest BCUT2D eigenvalue weighted by atomic mass is 9.99. The van der Waals surface area contributed by atoms with Crippen molar-refractivity contribution in [3.8, 4) is 18.0 Å². The summed E-state index contributed by atoms with van der Waals surface area (Å²) >= 11 is 0. The number of nitrogens with zero attached hydrogens (tertiary/aromatic N) is 4. The number of rotatable bonds is 12. The topological polar surface area (TPSA) is 153 Å². The van der Waals surface area contributed by atoms with Crippen LogP contribution < -0.4 is 11.3 Å². The summed E-state index contributed by atoms with van der Waals surface area (Å²) in [6.07, 6.45) is 11.3. The summed E-state index contributed by atoms with van der Waals surface area (Å²) in [7, 11) is 0. The van der Waals surface area contributed by atoms with Gasteiger partial charge in [0.25, 0.3) is 17.4 Å². The maximum atomic E-state index is 13.1. The fraction of sp³-hybridized carbons (Fsp3) is 0.464. The van der Waals surface area contributed by atoms with Gasteiger partial charge in [-0.3, -0.25) is 23.9 Å². The highest BCUT2D eigenvalue weighted by atomic mass is 16.3. The zero-order valence-corrected chi connectivity index (χ0v) is 21.8. The number of unbranched alkanes of at least 4 members (excludes halogenated alkanes) is 6. The van der Waals surface area contributed by atoms with Crippen LogP contribution in [0.1, 0.15) is 81.9 Å². The van der Waals surface area contributed by atoms with E-state index in [1.165, 1.54) is 22.8 Å². The fourth-order valence-corrected chi connectivity index (χ4v) is 4.22. The van der Waals surface area contributed by atoms with Crippen molar-refractivity contribution in [1.29, 1.82) is 10.5 Å². The third kappa shape index (κ3) is 6.56. The van der Waals surface area contributed by atoms with Gasteiger partial charge < -0.3 is 10.8 Å². The first kappa shape index (κ1) is 29.1. The summed E-state index contributed by atoms with van der Waals surface area (Å²) in [5.74, 6) is -1.57. The predicted octanol–water partition coefficient (Wildman–Crippen LogP) is 3.94. The van der Waals surface area contributed by atoms with Gasteiger partial charge in [0.2, 0.25) is 5.88 Å². The normalized spacial score (nSPS) is 15.1. The Morgan fingerprint density at radius 1 is 0.919 bits per heavy atom. The van der Waals surface area contributed by atoms with Crippen LogP contribution in [-0.4, -0.2) is 32.9 Å². The van der Waals surface area contributed by atoms with Gasteiger partial charge in [-0.05, 0) is 37.5 Å². The van der Waals surface area contributed by atoms with Crippen LogP contribution >= 0.6 is 0 Å². The highest BCUT2D eigenvalue weighted by Crippen LogP contribution is 2.26. The zero-order chi connectivity index (χ0) is 27.5. The molecule has 0 spiro atoms. The Balaban J connectivity index is 2.46. The Kier molecular flexibility index (Phi) is 10.9. The minimum Gasteiger partial charge on any atom is -0.494 e. The average molecular weight is 506 g/mol. The van der Waals surface area contributed by atoms with E-state index in [1.54, 1.807) is 13.0 Å². The van der Waals surface area contributed by atoms with E-state index in [9.17, 15) is 30.0 Å². The number of nitrogens with two attached hydrogens (primary N) is 1. The number of hydrogen-bond acceptors (Lipinski definition) is 7. The molecule has 0 saturated carbocycles. The largest absolute Gasteiger partial charge is 0.494 e. The highest BCUT2D eigenvalue weighted by molar-refractivity contribution is 6.18. The molecule has 37 heavy (non-hydrogen) atoms. The number of hydrogen-bond donors (Lipinski definition) is 2. The lowest BCUT2D eigenvalue weighted by Gasteiger charge is -2.26. The van der Waals surface area contributed by atoms with Crippen LogP contribution in [0.3, 0.4) is 0 Å². The molecule has 1 aliphatic rings. The van der Waals surface area contributed by atoms with Gasteiger partial charge in [-0.15, -0.1) is 0 Å². The van der Waals surface area contributed by atoms with Crippen molar-refractivity contribution in [3.63, 3.8) is 0 Å². The Hall–Kier alpha value is -4.11. The van der Waals surface area contributed by atoms with Crippen LogP contribution in [0.2, 0.25) is 0 Å². The van der Waals surface area contributed by atoms with E-state index in [0.717, 1.165) is 43.4 Å². The SMILES string of the molecule is CCCCCCN1C(=O)C(C#N)=C(N)/C(=C/C=C/c2c(C)c(C#N)c(=O)n(CCCCCC)c2O)C1=O. The van der Waals surface area contributed by atoms with Gasteiger partial charge in [0.05, 0.1) is 11.3 Å². The lowest BCUT2D eigenvalue weighted by molar-refractivity contribution is -0.140. The molecule has 1 aromatic heterocycles. The van der Waals surface area contributed by atoms with E-state index >= 15 is 0 Å². The summed E-state index contributed by atoms with van der Waals surface area (Å²) in [4.78, 5) is 39.5. The van der Waals surface area contributed by atoms with Crippen molar-refractivity contribution in [2.75, 3.05) is 6.54 Å². The Bertz CT molecular complexity index is 1270. The molecule has 9 heteroatoms. The zero-order valence-electron chi connectivity index (χ0n) is 21.8. The van der Waals surface area contributed by atoms with E-state index in [0.29, 0.717) is 18.4 Å². The van der Waals surface area contributed by atoms with Gasteiger partial charge in [-0.1, -0.05) is 58.4 Å².